The standard InChI is InChI=1S/C51H27B5N4O/c52-44-42(45(53)47(55)48(56)46(44)54)30-13-9-14-31(25-30)50-57-49(28-11-3-1-4-12-28)58-51(59-50)32-21-23-36-41(27-32)61-40-20-10-18-34(43(36)40)29-22-24-39-37(26-29)35-17-7-8-19-38(35)60(39)33-15-5-2-6-16-33/h1-27H. The van der Waals surface area contributed by atoms with E-state index in [1.165, 1.54) is 10.8 Å². The molecule has 10 radical (unpaired) electrons. The van der Waals surface area contributed by atoms with E-state index in [9.17, 15) is 0 Å². The molecule has 0 aliphatic rings. The normalized spacial score (nSPS) is 11.6. The van der Waals surface area contributed by atoms with Crippen LogP contribution in [-0.2, 0) is 0 Å². The Labute approximate surface area is 358 Å². The highest BCUT2D eigenvalue weighted by molar-refractivity contribution is 6.68. The number of benzene rings is 8. The second-order valence-corrected chi connectivity index (χ2v) is 15.1. The van der Waals surface area contributed by atoms with Crippen LogP contribution in [0, 0.1) is 0 Å². The number of rotatable bonds is 6. The molecule has 0 N–H and O–H groups in total. The van der Waals surface area contributed by atoms with Gasteiger partial charge in [0, 0.05) is 43.9 Å². The van der Waals surface area contributed by atoms with Crippen molar-refractivity contribution in [2.45, 2.75) is 0 Å². The molecule has 272 valence electrons. The predicted molar refractivity (Wildman–Crippen MR) is 256 cm³/mol. The molecule has 8 aromatic carbocycles. The molecule has 61 heavy (non-hydrogen) atoms. The van der Waals surface area contributed by atoms with Crippen molar-refractivity contribution in [1.29, 1.82) is 0 Å². The van der Waals surface area contributed by atoms with Crippen LogP contribution in [0.3, 0.4) is 0 Å². The SMILES string of the molecule is [B]c1c([B])c([B])c(-c2cccc(-c3nc(-c4ccccc4)nc(-c4ccc5c(c4)oc4cccc(-c6ccc7c(c6)c6ccccc6n7-c6ccccc6)c45)n3)c2)c([B])c1[B]. The molecule has 3 aromatic heterocycles. The zero-order valence-electron chi connectivity index (χ0n) is 32.7. The van der Waals surface area contributed by atoms with Gasteiger partial charge in [0.05, 0.1) is 11.0 Å². The smallest absolute Gasteiger partial charge is 0.164 e. The van der Waals surface area contributed by atoms with E-state index in [0.717, 1.165) is 60.9 Å². The van der Waals surface area contributed by atoms with Gasteiger partial charge in [-0.1, -0.05) is 120 Å². The topological polar surface area (TPSA) is 56.7 Å². The van der Waals surface area contributed by atoms with Gasteiger partial charge >= 0.3 is 0 Å². The number of hydrogen-bond donors (Lipinski definition) is 0. The third-order valence-corrected chi connectivity index (χ3v) is 11.5. The number of furan rings is 1. The van der Waals surface area contributed by atoms with Crippen molar-refractivity contribution in [3.8, 4) is 62.1 Å². The molecule has 0 bridgehead atoms. The van der Waals surface area contributed by atoms with E-state index in [0.29, 0.717) is 34.2 Å². The Hall–Kier alpha value is -7.31. The molecule has 0 saturated carbocycles. The van der Waals surface area contributed by atoms with Crippen molar-refractivity contribution in [2.75, 3.05) is 0 Å². The first kappa shape index (κ1) is 36.8. The summed E-state index contributed by atoms with van der Waals surface area (Å²) in [6.07, 6.45) is 0. The van der Waals surface area contributed by atoms with Crippen LogP contribution in [0.4, 0.5) is 0 Å². The van der Waals surface area contributed by atoms with Crippen molar-refractivity contribution in [1.82, 2.24) is 19.5 Å². The van der Waals surface area contributed by atoms with Crippen LogP contribution in [-0.4, -0.2) is 58.8 Å². The molecule has 0 aliphatic heterocycles. The van der Waals surface area contributed by atoms with Crippen LogP contribution in [0.5, 0.6) is 0 Å². The summed E-state index contributed by atoms with van der Waals surface area (Å²) in [4.78, 5) is 15.0. The quantitative estimate of drug-likeness (QED) is 0.169. The average molecular weight is 766 g/mol. The first-order valence-electron chi connectivity index (χ1n) is 19.8. The third-order valence-electron chi connectivity index (χ3n) is 11.5. The van der Waals surface area contributed by atoms with Crippen LogP contribution in [0.1, 0.15) is 0 Å². The molecule has 0 saturated heterocycles. The Morgan fingerprint density at radius 2 is 0.951 bits per heavy atom. The van der Waals surface area contributed by atoms with E-state index in [1.807, 2.05) is 84.9 Å². The van der Waals surface area contributed by atoms with Gasteiger partial charge in [0.25, 0.3) is 0 Å². The fraction of sp³-hybridized carbons (Fsp3) is 0. The van der Waals surface area contributed by atoms with E-state index in [4.69, 9.17) is 58.6 Å². The molecule has 10 heteroatoms. The minimum absolute atomic E-state index is 0.159. The third kappa shape index (κ3) is 6.04. The van der Waals surface area contributed by atoms with Crippen molar-refractivity contribution in [2.24, 2.45) is 0 Å². The van der Waals surface area contributed by atoms with Gasteiger partial charge in [0.15, 0.2) is 17.5 Å². The minimum Gasteiger partial charge on any atom is -0.456 e. The van der Waals surface area contributed by atoms with Gasteiger partial charge in [-0.3, -0.25) is 0 Å². The number of aromatic nitrogens is 4. The average Bonchev–Trinajstić information content (AvgIpc) is 3.86. The molecule has 0 unspecified atom stereocenters. The highest BCUT2D eigenvalue weighted by Crippen LogP contribution is 2.41. The highest BCUT2D eigenvalue weighted by atomic mass is 16.3. The highest BCUT2D eigenvalue weighted by Gasteiger charge is 2.20. The molecular weight excluding hydrogens is 739 g/mol. The summed E-state index contributed by atoms with van der Waals surface area (Å²) >= 11 is 0. The Morgan fingerprint density at radius 3 is 1.70 bits per heavy atom. The summed E-state index contributed by atoms with van der Waals surface area (Å²) in [5.74, 6) is 1.45. The largest absolute Gasteiger partial charge is 0.456 e. The lowest BCUT2D eigenvalue weighted by Crippen LogP contribution is -2.55. The number of fused-ring (bicyclic) bond motifs is 6. The molecule has 0 spiro atoms. The molecule has 0 fully saturated rings. The first-order chi connectivity index (χ1) is 29.8. The van der Waals surface area contributed by atoms with E-state index < -0.39 is 0 Å². The Balaban J connectivity index is 1.04. The van der Waals surface area contributed by atoms with Gasteiger partial charge in [-0.25, -0.2) is 15.0 Å². The minimum atomic E-state index is 0.159. The fourth-order valence-electron chi connectivity index (χ4n) is 8.53. The maximum atomic E-state index is 6.61. The van der Waals surface area contributed by atoms with E-state index in [2.05, 4.69) is 83.4 Å². The van der Waals surface area contributed by atoms with E-state index in [-0.39, 0.29) is 27.3 Å². The molecule has 3 heterocycles. The second kappa shape index (κ2) is 14.5. The molecule has 11 aromatic rings. The zero-order chi connectivity index (χ0) is 41.4. The summed E-state index contributed by atoms with van der Waals surface area (Å²) in [5.41, 5.74) is 11.7. The number of para-hydroxylation sites is 2. The second-order valence-electron chi connectivity index (χ2n) is 15.1. The maximum Gasteiger partial charge on any atom is 0.164 e. The van der Waals surface area contributed by atoms with Gasteiger partial charge in [-0.2, -0.15) is 0 Å². The van der Waals surface area contributed by atoms with Crippen LogP contribution in [0.25, 0.3) is 106 Å². The van der Waals surface area contributed by atoms with Crippen molar-refractivity contribution < 1.29 is 4.42 Å². The predicted octanol–water partition coefficient (Wildman–Crippen LogP) is 7.17. The van der Waals surface area contributed by atoms with Crippen LogP contribution >= 0.6 is 0 Å². The Bertz CT molecular complexity index is 3520. The molecule has 11 rings (SSSR count). The maximum absolute atomic E-state index is 6.61. The lowest BCUT2D eigenvalue weighted by atomic mass is 9.59. The van der Waals surface area contributed by atoms with Crippen molar-refractivity contribution >= 4 is 110 Å². The van der Waals surface area contributed by atoms with Crippen molar-refractivity contribution in [3.05, 3.63) is 164 Å². The summed E-state index contributed by atoms with van der Waals surface area (Å²) in [5, 5.41) is 4.41. The van der Waals surface area contributed by atoms with Gasteiger partial charge < -0.3 is 8.98 Å². The van der Waals surface area contributed by atoms with Gasteiger partial charge in [-0.15, -0.1) is 16.4 Å². The van der Waals surface area contributed by atoms with Gasteiger partial charge in [-0.05, 0) is 76.9 Å². The molecular formula is C51H27B5N4O. The monoisotopic (exact) mass is 766 g/mol. The van der Waals surface area contributed by atoms with E-state index in [1.54, 1.807) is 0 Å². The Kier molecular flexibility index (Phi) is 8.71. The van der Waals surface area contributed by atoms with Crippen LogP contribution in [0.2, 0.25) is 0 Å². The first-order valence-corrected chi connectivity index (χ1v) is 19.8. The number of hydrogen-bond acceptors (Lipinski definition) is 4. The Morgan fingerprint density at radius 1 is 0.377 bits per heavy atom. The van der Waals surface area contributed by atoms with Crippen molar-refractivity contribution in [3.63, 3.8) is 0 Å². The molecule has 0 aliphatic carbocycles. The lowest BCUT2D eigenvalue weighted by Gasteiger charge is -2.21. The molecule has 5 nitrogen and oxygen atoms in total. The van der Waals surface area contributed by atoms with Crippen LogP contribution in [0.15, 0.2) is 168 Å². The summed E-state index contributed by atoms with van der Waals surface area (Å²) in [6.45, 7) is 0. The van der Waals surface area contributed by atoms with E-state index >= 15 is 0 Å². The zero-order valence-corrected chi connectivity index (χ0v) is 32.7. The number of nitrogens with zero attached hydrogens (tertiary/aromatic N) is 4. The fourth-order valence-corrected chi connectivity index (χ4v) is 8.53. The lowest BCUT2D eigenvalue weighted by molar-refractivity contribution is 0.669. The van der Waals surface area contributed by atoms with Gasteiger partial charge in [0.1, 0.15) is 50.4 Å². The summed E-state index contributed by atoms with van der Waals surface area (Å²) in [7, 11) is 31.5. The summed E-state index contributed by atoms with van der Waals surface area (Å²) < 4.78 is 8.94. The summed E-state index contributed by atoms with van der Waals surface area (Å²) in [6, 6.07) is 55.6. The van der Waals surface area contributed by atoms with Crippen LogP contribution < -0.4 is 27.3 Å². The molecule has 0 amide bonds. The molecule has 0 atom stereocenters. The van der Waals surface area contributed by atoms with Gasteiger partial charge in [0.2, 0.25) is 0 Å².